The van der Waals surface area contributed by atoms with E-state index in [0.717, 1.165) is 12.8 Å². The summed E-state index contributed by atoms with van der Waals surface area (Å²) in [6.07, 6.45) is 42.5. The molecule has 2 nitrogen and oxygen atoms in total. The third kappa shape index (κ3) is 33.7. The van der Waals surface area contributed by atoms with Gasteiger partial charge in [-0.2, -0.15) is 0 Å². The van der Waals surface area contributed by atoms with Gasteiger partial charge in [0.25, 0.3) is 0 Å². The third-order valence-corrected chi connectivity index (χ3v) is 8.09. The molecule has 0 aliphatic rings. The lowest BCUT2D eigenvalue weighted by molar-refractivity contribution is -0.140. The van der Waals surface area contributed by atoms with Crippen LogP contribution < -0.4 is 0 Å². The molecule has 3 heteroatoms. The van der Waals surface area contributed by atoms with Gasteiger partial charge in [0.1, 0.15) is 5.88 Å². The van der Waals surface area contributed by atoms with Gasteiger partial charge >= 0.3 is 5.97 Å². The average molecular weight is 543 g/mol. The first kappa shape index (κ1) is 36.8. The predicted molar refractivity (Wildman–Crippen MR) is 166 cm³/mol. The van der Waals surface area contributed by atoms with E-state index in [-0.39, 0.29) is 11.8 Å². The molecule has 0 radical (unpaired) electrons. The second-order valence-corrected chi connectivity index (χ2v) is 11.9. The van der Waals surface area contributed by atoms with E-state index < -0.39 is 0 Å². The molecule has 0 fully saturated rings. The smallest absolute Gasteiger partial charge is 0.320 e. The Bertz CT molecular complexity index is 426. The van der Waals surface area contributed by atoms with E-state index in [2.05, 4.69) is 6.92 Å². The minimum absolute atomic E-state index is 0.0282. The summed E-state index contributed by atoms with van der Waals surface area (Å²) in [5.74, 6) is -0.323. The lowest BCUT2D eigenvalue weighted by Crippen LogP contribution is -2.06. The molecule has 0 unspecified atom stereocenters. The van der Waals surface area contributed by atoms with Crippen molar-refractivity contribution in [2.24, 2.45) is 0 Å². The van der Waals surface area contributed by atoms with Crippen molar-refractivity contribution in [3.8, 4) is 0 Å². The number of unbranched alkanes of at least 4 members (excludes halogenated alkanes) is 29. The van der Waals surface area contributed by atoms with E-state index in [1.807, 2.05) is 0 Å². The van der Waals surface area contributed by atoms with Crippen LogP contribution in [0.3, 0.4) is 0 Å². The maximum Gasteiger partial charge on any atom is 0.320 e. The summed E-state index contributed by atoms with van der Waals surface area (Å²) in [5.41, 5.74) is 0. The van der Waals surface area contributed by atoms with Gasteiger partial charge in [-0.05, 0) is 6.42 Å². The monoisotopic (exact) mass is 542 g/mol. The van der Waals surface area contributed by atoms with Crippen molar-refractivity contribution >= 4 is 17.6 Å². The molecule has 0 aliphatic carbocycles. The lowest BCUT2D eigenvalue weighted by Gasteiger charge is -2.05. The highest BCUT2D eigenvalue weighted by Crippen LogP contribution is 2.16. The number of carbonyl (C=O) groups excluding carboxylic acids is 1. The fourth-order valence-electron chi connectivity index (χ4n) is 5.35. The van der Waals surface area contributed by atoms with Crippen LogP contribution >= 0.6 is 11.6 Å². The predicted octanol–water partition coefficient (Wildman–Crippen LogP) is 12.5. The first-order chi connectivity index (χ1) is 18.3. The molecule has 0 aliphatic heterocycles. The number of halogens is 1. The highest BCUT2D eigenvalue weighted by Gasteiger charge is 1.99. The van der Waals surface area contributed by atoms with E-state index in [1.54, 1.807) is 0 Å². The van der Waals surface area contributed by atoms with Gasteiger partial charge in [-0.3, -0.25) is 4.79 Å². The van der Waals surface area contributed by atoms with Crippen LogP contribution in [0.1, 0.15) is 200 Å². The Hall–Kier alpha value is -0.240. The molecule has 0 aromatic heterocycles. The van der Waals surface area contributed by atoms with Crippen molar-refractivity contribution < 1.29 is 9.53 Å². The second kappa shape index (κ2) is 33.8. The van der Waals surface area contributed by atoms with Crippen molar-refractivity contribution in [3.63, 3.8) is 0 Å². The van der Waals surface area contributed by atoms with Crippen LogP contribution in [0, 0.1) is 0 Å². The summed E-state index contributed by atoms with van der Waals surface area (Å²) in [6.45, 7) is 2.83. The standard InChI is InChI=1S/C34H67ClO2/c1-2-3-4-5-6-7-8-9-10-11-12-13-14-15-16-17-18-19-20-21-22-23-24-25-26-27-28-29-30-31-32-37-34(36)33-35/h2-33H2,1H3. The summed E-state index contributed by atoms with van der Waals surface area (Å²) in [7, 11) is 0. The van der Waals surface area contributed by atoms with Crippen LogP contribution in [-0.4, -0.2) is 18.5 Å². The molecule has 0 heterocycles. The van der Waals surface area contributed by atoms with Gasteiger partial charge in [-0.1, -0.05) is 193 Å². The molecular formula is C34H67ClO2. The number of hydrogen-bond acceptors (Lipinski definition) is 2. The van der Waals surface area contributed by atoms with Gasteiger partial charge in [-0.15, -0.1) is 11.6 Å². The van der Waals surface area contributed by atoms with Crippen LogP contribution in [0.5, 0.6) is 0 Å². The topological polar surface area (TPSA) is 26.3 Å². The summed E-state index contributed by atoms with van der Waals surface area (Å²) >= 11 is 5.40. The molecule has 0 spiro atoms. The van der Waals surface area contributed by atoms with Gasteiger partial charge < -0.3 is 4.74 Å². The molecule has 0 amide bonds. The Morgan fingerprint density at radius 1 is 0.405 bits per heavy atom. The number of alkyl halides is 1. The van der Waals surface area contributed by atoms with Gasteiger partial charge in [0.05, 0.1) is 6.61 Å². The largest absolute Gasteiger partial charge is 0.465 e. The van der Waals surface area contributed by atoms with Crippen LogP contribution in [0.2, 0.25) is 0 Å². The Morgan fingerprint density at radius 3 is 0.838 bits per heavy atom. The number of esters is 1. The fourth-order valence-corrected chi connectivity index (χ4v) is 5.43. The zero-order chi connectivity index (χ0) is 26.9. The SMILES string of the molecule is CCCCCCCCCCCCCCCCCCCCCCCCCCCCCCCCOC(=O)CCl. The maximum absolute atomic E-state index is 10.9. The molecule has 0 atom stereocenters. The Labute approximate surface area is 238 Å². The van der Waals surface area contributed by atoms with E-state index in [9.17, 15) is 4.79 Å². The maximum atomic E-state index is 10.9. The van der Waals surface area contributed by atoms with E-state index in [1.165, 1.54) is 180 Å². The molecule has 0 aromatic carbocycles. The highest BCUT2D eigenvalue weighted by molar-refractivity contribution is 6.26. The molecule has 0 aromatic rings. The lowest BCUT2D eigenvalue weighted by atomic mass is 10.0. The Morgan fingerprint density at radius 2 is 0.622 bits per heavy atom. The third-order valence-electron chi connectivity index (χ3n) is 7.87. The number of ether oxygens (including phenoxy) is 1. The van der Waals surface area contributed by atoms with Gasteiger partial charge in [-0.25, -0.2) is 0 Å². The molecule has 222 valence electrons. The van der Waals surface area contributed by atoms with Crippen LogP contribution in [0.25, 0.3) is 0 Å². The first-order valence-electron chi connectivity index (χ1n) is 17.0. The number of hydrogen-bond donors (Lipinski definition) is 0. The van der Waals surface area contributed by atoms with E-state index in [0.29, 0.717) is 6.61 Å². The van der Waals surface area contributed by atoms with Crippen molar-refractivity contribution in [2.45, 2.75) is 200 Å². The molecule has 0 rings (SSSR count). The zero-order valence-electron chi connectivity index (χ0n) is 25.3. The fraction of sp³-hybridized carbons (Fsp3) is 0.971. The molecule has 0 saturated carbocycles. The highest BCUT2D eigenvalue weighted by atomic mass is 35.5. The van der Waals surface area contributed by atoms with Crippen LogP contribution in [-0.2, 0) is 9.53 Å². The van der Waals surface area contributed by atoms with E-state index in [4.69, 9.17) is 16.3 Å². The Kier molecular flexibility index (Phi) is 33.6. The van der Waals surface area contributed by atoms with Crippen molar-refractivity contribution in [1.29, 1.82) is 0 Å². The summed E-state index contributed by atoms with van der Waals surface area (Å²) in [4.78, 5) is 10.9. The summed E-state index contributed by atoms with van der Waals surface area (Å²) in [6, 6.07) is 0. The molecule has 0 bridgehead atoms. The quantitative estimate of drug-likeness (QED) is 0.0479. The minimum Gasteiger partial charge on any atom is -0.465 e. The first-order valence-corrected chi connectivity index (χ1v) is 17.6. The molecule has 0 N–H and O–H groups in total. The summed E-state index contributed by atoms with van der Waals surface area (Å²) in [5, 5.41) is 0. The summed E-state index contributed by atoms with van der Waals surface area (Å²) < 4.78 is 4.98. The minimum atomic E-state index is -0.294. The number of rotatable bonds is 32. The van der Waals surface area contributed by atoms with Gasteiger partial charge in [0, 0.05) is 0 Å². The van der Waals surface area contributed by atoms with Crippen molar-refractivity contribution in [2.75, 3.05) is 12.5 Å². The van der Waals surface area contributed by atoms with Gasteiger partial charge in [0.2, 0.25) is 0 Å². The van der Waals surface area contributed by atoms with Gasteiger partial charge in [0.15, 0.2) is 0 Å². The second-order valence-electron chi connectivity index (χ2n) is 11.6. The molecule has 37 heavy (non-hydrogen) atoms. The Balaban J connectivity index is 3.03. The number of carbonyl (C=O) groups is 1. The normalized spacial score (nSPS) is 11.3. The average Bonchev–Trinajstić information content (AvgIpc) is 2.91. The van der Waals surface area contributed by atoms with Crippen LogP contribution in [0.4, 0.5) is 0 Å². The zero-order valence-corrected chi connectivity index (χ0v) is 26.1. The molecule has 0 saturated heterocycles. The van der Waals surface area contributed by atoms with Crippen LogP contribution in [0.15, 0.2) is 0 Å². The molecular weight excluding hydrogens is 476 g/mol. The van der Waals surface area contributed by atoms with Crippen molar-refractivity contribution in [1.82, 2.24) is 0 Å². The van der Waals surface area contributed by atoms with E-state index >= 15 is 0 Å². The van der Waals surface area contributed by atoms with Crippen molar-refractivity contribution in [3.05, 3.63) is 0 Å².